The zero-order valence-corrected chi connectivity index (χ0v) is 15.1. The first-order valence-electron chi connectivity index (χ1n) is 7.11. The van der Waals surface area contributed by atoms with Crippen molar-refractivity contribution in [2.45, 2.75) is 44.7 Å². The van der Waals surface area contributed by atoms with Crippen LogP contribution in [0.4, 0.5) is 0 Å². The van der Waals surface area contributed by atoms with Crippen LogP contribution in [0, 0.1) is 6.92 Å². The van der Waals surface area contributed by atoms with Crippen molar-refractivity contribution in [3.63, 3.8) is 0 Å². The van der Waals surface area contributed by atoms with E-state index >= 15 is 0 Å². The molecular formula is C14H26N2O3S2. The third-order valence-electron chi connectivity index (χ3n) is 3.33. The van der Waals surface area contributed by atoms with E-state index in [-0.39, 0.29) is 10.9 Å². The number of aryl methyl sites for hydroxylation is 1. The molecule has 0 fully saturated rings. The molecule has 0 amide bonds. The van der Waals surface area contributed by atoms with Gasteiger partial charge in [0.05, 0.1) is 6.54 Å². The monoisotopic (exact) mass is 334 g/mol. The van der Waals surface area contributed by atoms with E-state index < -0.39 is 10.0 Å². The molecule has 5 nitrogen and oxygen atoms in total. The van der Waals surface area contributed by atoms with Crippen LogP contribution in [0.5, 0.6) is 0 Å². The Kier molecular flexibility index (Phi) is 7.26. The van der Waals surface area contributed by atoms with Crippen molar-refractivity contribution < 1.29 is 12.8 Å². The number of sulfonamides is 1. The maximum absolute atomic E-state index is 12.6. The van der Waals surface area contributed by atoms with Crippen molar-refractivity contribution in [2.24, 2.45) is 0 Å². The number of hydrogen-bond donors (Lipinski definition) is 1. The van der Waals surface area contributed by atoms with E-state index in [2.05, 4.69) is 12.2 Å². The van der Waals surface area contributed by atoms with Gasteiger partial charge in [0.2, 0.25) is 10.0 Å². The number of nitrogens with one attached hydrogen (secondary N) is 1. The molecule has 0 bridgehead atoms. The molecule has 1 aromatic heterocycles. The van der Waals surface area contributed by atoms with E-state index in [9.17, 15) is 8.42 Å². The summed E-state index contributed by atoms with van der Waals surface area (Å²) in [5, 5.41) is 3.21. The summed E-state index contributed by atoms with van der Waals surface area (Å²) in [6.45, 7) is 7.12. The molecule has 0 aliphatic rings. The predicted molar refractivity (Wildman–Crippen MR) is 88.2 cm³/mol. The van der Waals surface area contributed by atoms with E-state index in [0.717, 1.165) is 18.7 Å². The van der Waals surface area contributed by atoms with Crippen LogP contribution >= 0.6 is 11.8 Å². The SMILES string of the molecule is CCCNCc1cc(S(=O)(=O)N(C)C(C)CSC)c(C)o1. The Morgan fingerprint density at radius 3 is 2.71 bits per heavy atom. The number of hydrogen-bond acceptors (Lipinski definition) is 5. The Morgan fingerprint density at radius 1 is 1.48 bits per heavy atom. The maximum atomic E-state index is 12.6. The van der Waals surface area contributed by atoms with Gasteiger partial charge in [0, 0.05) is 24.9 Å². The van der Waals surface area contributed by atoms with Crippen molar-refractivity contribution in [3.8, 4) is 0 Å². The van der Waals surface area contributed by atoms with E-state index in [0.29, 0.717) is 18.1 Å². The first kappa shape index (κ1) is 18.5. The second-order valence-electron chi connectivity index (χ2n) is 5.14. The van der Waals surface area contributed by atoms with Gasteiger partial charge in [-0.25, -0.2) is 8.42 Å². The zero-order chi connectivity index (χ0) is 16.0. The van der Waals surface area contributed by atoms with Gasteiger partial charge in [-0.3, -0.25) is 0 Å². The normalized spacial score (nSPS) is 13.8. The Morgan fingerprint density at radius 2 is 2.14 bits per heavy atom. The van der Waals surface area contributed by atoms with Gasteiger partial charge in [-0.15, -0.1) is 0 Å². The van der Waals surface area contributed by atoms with Crippen LogP contribution in [0.15, 0.2) is 15.4 Å². The largest absolute Gasteiger partial charge is 0.464 e. The van der Waals surface area contributed by atoms with Crippen LogP contribution in [-0.4, -0.2) is 44.4 Å². The summed E-state index contributed by atoms with van der Waals surface area (Å²) in [7, 11) is -1.88. The van der Waals surface area contributed by atoms with Crippen LogP contribution in [0.2, 0.25) is 0 Å². The molecule has 0 radical (unpaired) electrons. The Labute approximate surface area is 132 Å². The van der Waals surface area contributed by atoms with Crippen LogP contribution in [-0.2, 0) is 16.6 Å². The minimum absolute atomic E-state index is 0.0547. The number of thioether (sulfide) groups is 1. The molecule has 0 saturated heterocycles. The second-order valence-corrected chi connectivity index (χ2v) is 8.01. The summed E-state index contributed by atoms with van der Waals surface area (Å²) < 4.78 is 32.3. The van der Waals surface area contributed by atoms with Gasteiger partial charge >= 0.3 is 0 Å². The molecule has 122 valence electrons. The lowest BCUT2D eigenvalue weighted by molar-refractivity contribution is 0.412. The third-order valence-corrected chi connectivity index (χ3v) is 6.23. The summed E-state index contributed by atoms with van der Waals surface area (Å²) in [5.41, 5.74) is 0. The summed E-state index contributed by atoms with van der Waals surface area (Å²) in [4.78, 5) is 0.270. The minimum atomic E-state index is -3.50. The van der Waals surface area contributed by atoms with Crippen molar-refractivity contribution in [3.05, 3.63) is 17.6 Å². The van der Waals surface area contributed by atoms with Gasteiger partial charge < -0.3 is 9.73 Å². The lowest BCUT2D eigenvalue weighted by Gasteiger charge is -2.23. The average Bonchev–Trinajstić information content (AvgIpc) is 2.80. The number of furan rings is 1. The van der Waals surface area contributed by atoms with E-state index in [1.807, 2.05) is 13.2 Å². The van der Waals surface area contributed by atoms with E-state index in [4.69, 9.17) is 4.42 Å². The average molecular weight is 335 g/mol. The lowest BCUT2D eigenvalue weighted by atomic mass is 10.4. The van der Waals surface area contributed by atoms with Crippen molar-refractivity contribution >= 4 is 21.8 Å². The molecule has 0 aliphatic carbocycles. The lowest BCUT2D eigenvalue weighted by Crippen LogP contribution is -2.36. The molecule has 7 heteroatoms. The van der Waals surface area contributed by atoms with E-state index in [1.165, 1.54) is 4.31 Å². The van der Waals surface area contributed by atoms with Gasteiger partial charge in [-0.2, -0.15) is 16.1 Å². The number of nitrogens with zero attached hydrogens (tertiary/aromatic N) is 1. The molecule has 1 heterocycles. The minimum Gasteiger partial charge on any atom is -0.464 e. The van der Waals surface area contributed by atoms with E-state index in [1.54, 1.807) is 31.8 Å². The molecular weight excluding hydrogens is 308 g/mol. The molecule has 0 aromatic carbocycles. The Balaban J connectivity index is 2.92. The number of rotatable bonds is 9. The van der Waals surface area contributed by atoms with Crippen LogP contribution in [0.1, 0.15) is 31.8 Å². The summed E-state index contributed by atoms with van der Waals surface area (Å²) in [6.07, 6.45) is 3.00. The summed E-state index contributed by atoms with van der Waals surface area (Å²) in [5.74, 6) is 1.87. The van der Waals surface area contributed by atoms with Crippen LogP contribution < -0.4 is 5.32 Å². The van der Waals surface area contributed by atoms with Crippen molar-refractivity contribution in [1.82, 2.24) is 9.62 Å². The Hall–Kier alpha value is -0.500. The maximum Gasteiger partial charge on any atom is 0.246 e. The molecule has 1 aromatic rings. The Bertz CT molecular complexity index is 540. The van der Waals surface area contributed by atoms with Crippen LogP contribution in [0.25, 0.3) is 0 Å². The molecule has 1 rings (SSSR count). The van der Waals surface area contributed by atoms with Crippen molar-refractivity contribution in [2.75, 3.05) is 25.6 Å². The van der Waals surface area contributed by atoms with Gasteiger partial charge in [0.15, 0.2) is 0 Å². The topological polar surface area (TPSA) is 62.6 Å². The quantitative estimate of drug-likeness (QED) is 0.703. The zero-order valence-electron chi connectivity index (χ0n) is 13.5. The molecule has 0 spiro atoms. The molecule has 1 atom stereocenters. The fourth-order valence-electron chi connectivity index (χ4n) is 1.99. The van der Waals surface area contributed by atoms with Crippen molar-refractivity contribution in [1.29, 1.82) is 0 Å². The van der Waals surface area contributed by atoms with Gasteiger partial charge in [0.1, 0.15) is 16.4 Å². The van der Waals surface area contributed by atoms with Gasteiger partial charge in [0.25, 0.3) is 0 Å². The third kappa shape index (κ3) is 4.74. The highest BCUT2D eigenvalue weighted by Crippen LogP contribution is 2.24. The molecule has 21 heavy (non-hydrogen) atoms. The van der Waals surface area contributed by atoms with Gasteiger partial charge in [-0.1, -0.05) is 6.92 Å². The predicted octanol–water partition coefficient (Wildman–Crippen LogP) is 2.46. The fraction of sp³-hybridized carbons (Fsp3) is 0.714. The first-order chi connectivity index (χ1) is 9.84. The summed E-state index contributed by atoms with van der Waals surface area (Å²) in [6, 6.07) is 1.58. The van der Waals surface area contributed by atoms with Gasteiger partial charge in [-0.05, 0) is 33.1 Å². The highest BCUT2D eigenvalue weighted by Gasteiger charge is 2.29. The standard InChI is InChI=1S/C14H26N2O3S2/c1-6-7-15-9-13-8-14(12(3)19-13)21(17,18)16(4)11(2)10-20-5/h8,11,15H,6-7,9-10H2,1-5H3. The molecule has 1 N–H and O–H groups in total. The fourth-order valence-corrected chi connectivity index (χ4v) is 4.34. The van der Waals surface area contributed by atoms with Crippen LogP contribution in [0.3, 0.4) is 0 Å². The first-order valence-corrected chi connectivity index (χ1v) is 9.95. The molecule has 1 unspecified atom stereocenters. The summed E-state index contributed by atoms with van der Waals surface area (Å²) >= 11 is 1.63. The molecule has 0 aliphatic heterocycles. The molecule has 0 saturated carbocycles. The smallest absolute Gasteiger partial charge is 0.246 e. The second kappa shape index (κ2) is 8.22. The highest BCUT2D eigenvalue weighted by molar-refractivity contribution is 7.98. The highest BCUT2D eigenvalue weighted by atomic mass is 32.2.